The quantitative estimate of drug-likeness (QED) is 0.782. The van der Waals surface area contributed by atoms with Crippen LogP contribution in [0.2, 0.25) is 0 Å². The molecule has 2 rings (SSSR count). The summed E-state index contributed by atoms with van der Waals surface area (Å²) < 4.78 is 5.45. The van der Waals surface area contributed by atoms with Crippen molar-refractivity contribution in [3.05, 3.63) is 29.3 Å². The topological polar surface area (TPSA) is 61.3 Å². The number of hydrogen-bond donors (Lipinski definition) is 2. The van der Waals surface area contributed by atoms with E-state index in [1.165, 1.54) is 11.1 Å². The lowest BCUT2D eigenvalue weighted by Gasteiger charge is -2.12. The first-order valence-electron chi connectivity index (χ1n) is 5.52. The van der Waals surface area contributed by atoms with Crippen molar-refractivity contribution in [1.82, 2.24) is 0 Å². The largest absolute Gasteiger partial charge is 0.493 e. The van der Waals surface area contributed by atoms with E-state index in [0.29, 0.717) is 6.54 Å². The fourth-order valence-corrected chi connectivity index (χ4v) is 1.94. The Morgan fingerprint density at radius 2 is 2.27 bits per heavy atom. The minimum absolute atomic E-state index is 0.111. The van der Waals surface area contributed by atoms with Gasteiger partial charge in [0.25, 0.3) is 0 Å². The van der Waals surface area contributed by atoms with Gasteiger partial charge in [-0.05, 0) is 36.6 Å². The predicted octanol–water partition coefficient (Wildman–Crippen LogP) is 1.36. The fourth-order valence-electron chi connectivity index (χ4n) is 1.94. The van der Waals surface area contributed by atoms with Crippen LogP contribution in [0.25, 0.3) is 0 Å². The van der Waals surface area contributed by atoms with Gasteiger partial charge in [-0.15, -0.1) is 0 Å². The Bertz CT molecular complexity index is 338. The van der Waals surface area contributed by atoms with E-state index in [0.717, 1.165) is 31.6 Å². The highest BCUT2D eigenvalue weighted by atomic mass is 16.5. The molecule has 1 aliphatic rings. The maximum Gasteiger partial charge on any atom is 0.122 e. The first-order chi connectivity index (χ1) is 7.31. The second-order valence-corrected chi connectivity index (χ2v) is 4.00. The number of benzene rings is 1. The Morgan fingerprint density at radius 3 is 3.07 bits per heavy atom. The summed E-state index contributed by atoms with van der Waals surface area (Å²) >= 11 is 0. The van der Waals surface area contributed by atoms with Crippen LogP contribution in [-0.4, -0.2) is 13.2 Å². The van der Waals surface area contributed by atoms with Crippen molar-refractivity contribution in [1.29, 1.82) is 0 Å². The van der Waals surface area contributed by atoms with Gasteiger partial charge >= 0.3 is 0 Å². The molecule has 0 amide bonds. The molecule has 0 bridgehead atoms. The molecule has 0 saturated heterocycles. The summed E-state index contributed by atoms with van der Waals surface area (Å²) in [6, 6.07) is 6.37. The average Bonchev–Trinajstić information content (AvgIpc) is 2.72. The van der Waals surface area contributed by atoms with E-state index >= 15 is 0 Å². The van der Waals surface area contributed by atoms with Crippen LogP contribution in [0.5, 0.6) is 5.75 Å². The van der Waals surface area contributed by atoms with E-state index in [2.05, 4.69) is 12.1 Å². The smallest absolute Gasteiger partial charge is 0.122 e. The molecule has 1 heterocycles. The van der Waals surface area contributed by atoms with E-state index in [1.807, 2.05) is 6.07 Å². The van der Waals surface area contributed by atoms with Crippen LogP contribution in [0, 0.1) is 0 Å². The standard InChI is InChI=1S/C12H18N2O/c13-6-1-2-11(14)9-3-4-12-10(8-9)5-7-15-12/h3-4,8,11H,1-2,5-7,13-14H2/t11-/m1/s1. The normalized spacial score (nSPS) is 15.9. The monoisotopic (exact) mass is 206 g/mol. The molecule has 82 valence electrons. The predicted molar refractivity (Wildman–Crippen MR) is 60.9 cm³/mol. The number of ether oxygens (including phenoxy) is 1. The molecule has 0 saturated carbocycles. The first-order valence-corrected chi connectivity index (χ1v) is 5.52. The Kier molecular flexibility index (Phi) is 3.23. The van der Waals surface area contributed by atoms with Gasteiger partial charge in [0, 0.05) is 12.5 Å². The Morgan fingerprint density at radius 1 is 1.40 bits per heavy atom. The summed E-state index contributed by atoms with van der Waals surface area (Å²) in [5, 5.41) is 0. The zero-order valence-corrected chi connectivity index (χ0v) is 8.91. The summed E-state index contributed by atoms with van der Waals surface area (Å²) in [6.07, 6.45) is 2.94. The molecule has 1 aromatic carbocycles. The van der Waals surface area contributed by atoms with Crippen LogP contribution in [0.4, 0.5) is 0 Å². The number of nitrogens with two attached hydrogens (primary N) is 2. The van der Waals surface area contributed by atoms with Gasteiger partial charge in [-0.3, -0.25) is 0 Å². The third kappa shape index (κ3) is 2.30. The van der Waals surface area contributed by atoms with Crippen LogP contribution in [0.3, 0.4) is 0 Å². The molecule has 1 atom stereocenters. The van der Waals surface area contributed by atoms with Gasteiger partial charge in [-0.1, -0.05) is 12.1 Å². The van der Waals surface area contributed by atoms with Crippen molar-refractivity contribution >= 4 is 0 Å². The summed E-state index contributed by atoms with van der Waals surface area (Å²) in [5.41, 5.74) is 14.0. The van der Waals surface area contributed by atoms with Crippen molar-refractivity contribution in [2.75, 3.05) is 13.2 Å². The molecule has 0 aromatic heterocycles. The highest BCUT2D eigenvalue weighted by molar-refractivity contribution is 5.40. The highest BCUT2D eigenvalue weighted by Crippen LogP contribution is 2.28. The van der Waals surface area contributed by atoms with Crippen molar-refractivity contribution in [3.8, 4) is 5.75 Å². The lowest BCUT2D eigenvalue weighted by Crippen LogP contribution is -2.12. The maximum atomic E-state index is 6.08. The number of hydrogen-bond acceptors (Lipinski definition) is 3. The van der Waals surface area contributed by atoms with Crippen LogP contribution in [0.1, 0.15) is 30.0 Å². The van der Waals surface area contributed by atoms with Crippen molar-refractivity contribution in [3.63, 3.8) is 0 Å². The Labute approximate surface area is 90.4 Å². The SMILES string of the molecule is NCCC[C@@H](N)c1ccc2c(c1)CCO2. The molecule has 4 N–H and O–H groups in total. The summed E-state index contributed by atoms with van der Waals surface area (Å²) in [6.45, 7) is 1.51. The lowest BCUT2D eigenvalue weighted by molar-refractivity contribution is 0.357. The number of fused-ring (bicyclic) bond motifs is 1. The molecule has 0 unspecified atom stereocenters. The summed E-state index contributed by atoms with van der Waals surface area (Å²) in [7, 11) is 0. The number of rotatable bonds is 4. The van der Waals surface area contributed by atoms with Crippen LogP contribution in [0.15, 0.2) is 18.2 Å². The average molecular weight is 206 g/mol. The van der Waals surface area contributed by atoms with E-state index in [9.17, 15) is 0 Å². The molecule has 3 nitrogen and oxygen atoms in total. The fraction of sp³-hybridized carbons (Fsp3) is 0.500. The molecule has 15 heavy (non-hydrogen) atoms. The molecule has 1 aliphatic heterocycles. The molecule has 1 aromatic rings. The Hall–Kier alpha value is -1.06. The Balaban J connectivity index is 2.08. The van der Waals surface area contributed by atoms with Gasteiger partial charge in [0.15, 0.2) is 0 Å². The second kappa shape index (κ2) is 4.64. The molecule has 0 spiro atoms. The van der Waals surface area contributed by atoms with Crippen LogP contribution in [-0.2, 0) is 6.42 Å². The molecular formula is C12H18N2O. The minimum atomic E-state index is 0.111. The lowest BCUT2D eigenvalue weighted by atomic mass is 10.00. The maximum absolute atomic E-state index is 6.08. The minimum Gasteiger partial charge on any atom is -0.493 e. The van der Waals surface area contributed by atoms with E-state index in [-0.39, 0.29) is 6.04 Å². The van der Waals surface area contributed by atoms with E-state index in [4.69, 9.17) is 16.2 Å². The molecule has 3 heteroatoms. The van der Waals surface area contributed by atoms with Crippen molar-refractivity contribution in [2.45, 2.75) is 25.3 Å². The van der Waals surface area contributed by atoms with Crippen molar-refractivity contribution < 1.29 is 4.74 Å². The van der Waals surface area contributed by atoms with Crippen LogP contribution < -0.4 is 16.2 Å². The van der Waals surface area contributed by atoms with Gasteiger partial charge in [0.05, 0.1) is 6.61 Å². The van der Waals surface area contributed by atoms with Gasteiger partial charge in [0.1, 0.15) is 5.75 Å². The van der Waals surface area contributed by atoms with Gasteiger partial charge in [-0.25, -0.2) is 0 Å². The van der Waals surface area contributed by atoms with Crippen molar-refractivity contribution in [2.24, 2.45) is 11.5 Å². The van der Waals surface area contributed by atoms with E-state index < -0.39 is 0 Å². The zero-order chi connectivity index (χ0) is 10.7. The van der Waals surface area contributed by atoms with Gasteiger partial charge in [0.2, 0.25) is 0 Å². The molecule has 0 fully saturated rings. The van der Waals surface area contributed by atoms with E-state index in [1.54, 1.807) is 0 Å². The summed E-state index contributed by atoms with van der Waals surface area (Å²) in [4.78, 5) is 0. The van der Waals surface area contributed by atoms with Crippen LogP contribution >= 0.6 is 0 Å². The summed E-state index contributed by atoms with van der Waals surface area (Å²) in [5.74, 6) is 1.02. The third-order valence-corrected chi connectivity index (χ3v) is 2.86. The molecular weight excluding hydrogens is 188 g/mol. The highest BCUT2D eigenvalue weighted by Gasteiger charge is 2.14. The van der Waals surface area contributed by atoms with Gasteiger partial charge in [-0.2, -0.15) is 0 Å². The van der Waals surface area contributed by atoms with Gasteiger partial charge < -0.3 is 16.2 Å². The molecule has 0 radical (unpaired) electrons. The zero-order valence-electron chi connectivity index (χ0n) is 8.91. The first kappa shape index (κ1) is 10.5. The molecule has 0 aliphatic carbocycles. The third-order valence-electron chi connectivity index (χ3n) is 2.86. The second-order valence-electron chi connectivity index (χ2n) is 4.00.